The Labute approximate surface area is 137 Å². The topological polar surface area (TPSA) is 86.7 Å². The SMILES string of the molecule is Cc1cnc(-c2ccc(CO)s2)nc1Nc1cc(C2CC2)[nH]n1. The second-order valence-electron chi connectivity index (χ2n) is 5.76. The number of rotatable bonds is 5. The zero-order valence-corrected chi connectivity index (χ0v) is 13.5. The van der Waals surface area contributed by atoms with Crippen LogP contribution in [0.3, 0.4) is 0 Å². The van der Waals surface area contributed by atoms with Gasteiger partial charge in [0.1, 0.15) is 5.82 Å². The molecule has 0 aliphatic heterocycles. The molecule has 0 bridgehead atoms. The number of H-pyrrole nitrogens is 1. The van der Waals surface area contributed by atoms with Crippen LogP contribution in [0.15, 0.2) is 24.4 Å². The van der Waals surface area contributed by atoms with E-state index in [0.29, 0.717) is 11.7 Å². The molecule has 0 aromatic carbocycles. The van der Waals surface area contributed by atoms with Crippen LogP contribution in [0.25, 0.3) is 10.7 Å². The van der Waals surface area contributed by atoms with Gasteiger partial charge in [0.15, 0.2) is 11.6 Å². The van der Waals surface area contributed by atoms with E-state index in [2.05, 4.69) is 25.5 Å². The van der Waals surface area contributed by atoms with Gasteiger partial charge in [0.25, 0.3) is 0 Å². The van der Waals surface area contributed by atoms with E-state index in [9.17, 15) is 5.11 Å². The second kappa shape index (κ2) is 5.75. The number of nitrogens with zero attached hydrogens (tertiary/aromatic N) is 3. The van der Waals surface area contributed by atoms with Crippen LogP contribution in [0.2, 0.25) is 0 Å². The molecule has 0 amide bonds. The number of aryl methyl sites for hydroxylation is 1. The molecule has 3 heterocycles. The van der Waals surface area contributed by atoms with E-state index in [0.717, 1.165) is 27.0 Å². The minimum atomic E-state index is 0.0405. The fourth-order valence-electron chi connectivity index (χ4n) is 2.40. The third-order valence-electron chi connectivity index (χ3n) is 3.87. The van der Waals surface area contributed by atoms with Crippen molar-refractivity contribution >= 4 is 23.0 Å². The van der Waals surface area contributed by atoms with E-state index >= 15 is 0 Å². The molecule has 1 aliphatic rings. The van der Waals surface area contributed by atoms with Crippen molar-refractivity contribution in [3.63, 3.8) is 0 Å². The monoisotopic (exact) mass is 327 g/mol. The number of aromatic amines is 1. The molecule has 23 heavy (non-hydrogen) atoms. The summed E-state index contributed by atoms with van der Waals surface area (Å²) in [5.74, 6) is 2.83. The fourth-order valence-corrected chi connectivity index (χ4v) is 3.20. The van der Waals surface area contributed by atoms with Crippen LogP contribution in [0.4, 0.5) is 11.6 Å². The highest BCUT2D eigenvalue weighted by Crippen LogP contribution is 2.39. The molecular formula is C16H17N5OS. The van der Waals surface area contributed by atoms with Crippen LogP contribution in [0.1, 0.15) is 34.9 Å². The van der Waals surface area contributed by atoms with Gasteiger partial charge in [0.2, 0.25) is 0 Å². The maximum Gasteiger partial charge on any atom is 0.171 e. The summed E-state index contributed by atoms with van der Waals surface area (Å²) in [6.07, 6.45) is 4.28. The Bertz CT molecular complexity index is 837. The average molecular weight is 327 g/mol. The standard InChI is InChI=1S/C16H17N5OS/c1-9-7-17-16(13-5-4-11(8-22)23-13)19-15(9)18-14-6-12(20-21-14)10-2-3-10/h4-7,10,22H,2-3,8H2,1H3,(H2,17,18,19,20,21). The second-order valence-corrected chi connectivity index (χ2v) is 6.93. The molecule has 3 aromatic heterocycles. The zero-order valence-electron chi connectivity index (χ0n) is 12.7. The van der Waals surface area contributed by atoms with Gasteiger partial charge in [-0.25, -0.2) is 9.97 Å². The number of hydrogen-bond donors (Lipinski definition) is 3. The van der Waals surface area contributed by atoms with Gasteiger partial charge in [-0.3, -0.25) is 5.10 Å². The van der Waals surface area contributed by atoms with Crippen LogP contribution in [-0.2, 0) is 6.61 Å². The summed E-state index contributed by atoms with van der Waals surface area (Å²) >= 11 is 1.50. The van der Waals surface area contributed by atoms with Crippen molar-refractivity contribution in [3.05, 3.63) is 40.5 Å². The number of nitrogens with one attached hydrogen (secondary N) is 2. The van der Waals surface area contributed by atoms with Crippen LogP contribution < -0.4 is 5.32 Å². The molecule has 3 N–H and O–H groups in total. The molecule has 0 unspecified atom stereocenters. The predicted octanol–water partition coefficient (Wildman–Crippen LogP) is 3.35. The average Bonchev–Trinajstić information content (AvgIpc) is 3.11. The third kappa shape index (κ3) is 2.97. The summed E-state index contributed by atoms with van der Waals surface area (Å²) in [4.78, 5) is 10.8. The number of hydrogen-bond acceptors (Lipinski definition) is 6. The predicted molar refractivity (Wildman–Crippen MR) is 89.9 cm³/mol. The first-order chi connectivity index (χ1) is 11.2. The maximum atomic E-state index is 9.19. The molecule has 0 spiro atoms. The Morgan fingerprint density at radius 3 is 3.00 bits per heavy atom. The van der Waals surface area contributed by atoms with Crippen LogP contribution in [-0.4, -0.2) is 25.3 Å². The third-order valence-corrected chi connectivity index (χ3v) is 4.94. The lowest BCUT2D eigenvalue weighted by molar-refractivity contribution is 0.285. The van der Waals surface area contributed by atoms with E-state index in [4.69, 9.17) is 0 Å². The van der Waals surface area contributed by atoms with Crippen LogP contribution >= 0.6 is 11.3 Å². The minimum Gasteiger partial charge on any atom is -0.391 e. The first-order valence-electron chi connectivity index (χ1n) is 7.59. The minimum absolute atomic E-state index is 0.0405. The molecule has 1 saturated carbocycles. The Morgan fingerprint density at radius 2 is 2.26 bits per heavy atom. The van der Waals surface area contributed by atoms with Crippen molar-refractivity contribution in [2.24, 2.45) is 0 Å². The van der Waals surface area contributed by atoms with Crippen molar-refractivity contribution < 1.29 is 5.11 Å². The first-order valence-corrected chi connectivity index (χ1v) is 8.40. The van der Waals surface area contributed by atoms with E-state index in [1.165, 1.54) is 29.9 Å². The van der Waals surface area contributed by atoms with Gasteiger partial charge in [0.05, 0.1) is 11.5 Å². The number of aliphatic hydroxyl groups excluding tert-OH is 1. The van der Waals surface area contributed by atoms with Crippen LogP contribution in [0.5, 0.6) is 0 Å². The Hall–Kier alpha value is -2.25. The largest absolute Gasteiger partial charge is 0.391 e. The van der Waals surface area contributed by atoms with Crippen molar-refractivity contribution in [3.8, 4) is 10.7 Å². The summed E-state index contributed by atoms with van der Waals surface area (Å²) in [6, 6.07) is 5.88. The molecule has 0 atom stereocenters. The molecule has 1 aliphatic carbocycles. The molecule has 3 aromatic rings. The summed E-state index contributed by atoms with van der Waals surface area (Å²) < 4.78 is 0. The van der Waals surface area contributed by atoms with E-state index in [1.54, 1.807) is 6.20 Å². The van der Waals surface area contributed by atoms with Gasteiger partial charge in [-0.15, -0.1) is 11.3 Å². The summed E-state index contributed by atoms with van der Waals surface area (Å²) in [6.45, 7) is 2.01. The van der Waals surface area contributed by atoms with E-state index in [1.807, 2.05) is 25.1 Å². The van der Waals surface area contributed by atoms with Gasteiger partial charge < -0.3 is 10.4 Å². The highest BCUT2D eigenvalue weighted by molar-refractivity contribution is 7.15. The molecule has 118 valence electrons. The lowest BCUT2D eigenvalue weighted by Crippen LogP contribution is -1.99. The number of aliphatic hydroxyl groups is 1. The molecule has 0 radical (unpaired) electrons. The first kappa shape index (κ1) is 14.3. The van der Waals surface area contributed by atoms with Gasteiger partial charge in [-0.1, -0.05) is 0 Å². The van der Waals surface area contributed by atoms with Crippen molar-refractivity contribution in [2.75, 3.05) is 5.32 Å². The number of thiophene rings is 1. The smallest absolute Gasteiger partial charge is 0.171 e. The quantitative estimate of drug-likeness (QED) is 0.669. The zero-order chi connectivity index (χ0) is 15.8. The highest BCUT2D eigenvalue weighted by atomic mass is 32.1. The lowest BCUT2D eigenvalue weighted by Gasteiger charge is -2.06. The van der Waals surface area contributed by atoms with Crippen molar-refractivity contribution in [1.82, 2.24) is 20.2 Å². The molecule has 1 fully saturated rings. The Morgan fingerprint density at radius 1 is 1.39 bits per heavy atom. The Kier molecular flexibility index (Phi) is 3.59. The molecular weight excluding hydrogens is 310 g/mol. The normalized spacial score (nSPS) is 14.2. The maximum absolute atomic E-state index is 9.19. The fraction of sp³-hybridized carbons (Fsp3) is 0.312. The summed E-state index contributed by atoms with van der Waals surface area (Å²) in [7, 11) is 0. The van der Waals surface area contributed by atoms with E-state index < -0.39 is 0 Å². The molecule has 4 rings (SSSR count). The number of anilines is 2. The summed E-state index contributed by atoms with van der Waals surface area (Å²) in [5.41, 5.74) is 2.15. The summed E-state index contributed by atoms with van der Waals surface area (Å²) in [5, 5.41) is 19.8. The van der Waals surface area contributed by atoms with E-state index in [-0.39, 0.29) is 6.61 Å². The van der Waals surface area contributed by atoms with Crippen molar-refractivity contribution in [1.29, 1.82) is 0 Å². The van der Waals surface area contributed by atoms with Gasteiger partial charge in [0, 0.05) is 34.3 Å². The molecule has 7 heteroatoms. The number of aromatic nitrogens is 4. The molecule has 0 saturated heterocycles. The van der Waals surface area contributed by atoms with Gasteiger partial charge in [-0.05, 0) is 31.9 Å². The van der Waals surface area contributed by atoms with Crippen molar-refractivity contribution in [2.45, 2.75) is 32.3 Å². The van der Waals surface area contributed by atoms with Crippen LogP contribution in [0, 0.1) is 6.92 Å². The van der Waals surface area contributed by atoms with Gasteiger partial charge >= 0.3 is 0 Å². The lowest BCUT2D eigenvalue weighted by atomic mass is 10.3. The Balaban J connectivity index is 1.60. The highest BCUT2D eigenvalue weighted by Gasteiger charge is 2.25. The van der Waals surface area contributed by atoms with Gasteiger partial charge in [-0.2, -0.15) is 5.10 Å². The molecule has 6 nitrogen and oxygen atoms in total.